The number of hydrogen-bond acceptors (Lipinski definition) is 13. The number of aliphatic hydroxyl groups excluding tert-OH is 2. The van der Waals surface area contributed by atoms with Crippen LogP contribution in [0.2, 0.25) is 0 Å². The van der Waals surface area contributed by atoms with Gasteiger partial charge in [0.1, 0.15) is 12.2 Å². The number of carbonyl (C=O) groups is 7. The number of carbonyl (C=O) groups excluding carboxylic acids is 5. The number of aliphatic carboxylic acids is 2. The molecule has 0 amide bonds. The maximum atomic E-state index is 12.5. The molecule has 4 rings (SSSR count). The van der Waals surface area contributed by atoms with E-state index in [9.17, 15) is 56.9 Å². The monoisotopic (exact) mass is 1110 g/mol. The summed E-state index contributed by atoms with van der Waals surface area (Å²) in [6, 6.07) is 28.1. The van der Waals surface area contributed by atoms with Crippen LogP contribution < -0.4 is 0 Å². The maximum absolute atomic E-state index is 12.5. The van der Waals surface area contributed by atoms with Crippen LogP contribution in [-0.2, 0) is 52.5 Å². The SMILES string of the molecule is C/C=C/c1ccc(C(O)C(OC(=O)CCCCC(=O)OC)c2ccc(/C=C/C)cc2)cc1.COC(=O)CCCCC(=O)OC(c1ccc(/C=C/C(=O)O)cc1)C(O)c1ccc(/C=C/C(=O)O)cc1.O=C(C(Cl)Cl)C(F)(F)F. The number of esters is 4. The molecule has 15 nitrogen and oxygen atoms in total. The van der Waals surface area contributed by atoms with Crippen LogP contribution in [0.15, 0.2) is 121 Å². The second-order valence-electron chi connectivity index (χ2n) is 16.4. The molecule has 4 unspecified atom stereocenters. The first-order chi connectivity index (χ1) is 36.5. The number of Topliss-reactive ketones (excluding diaryl/α,β-unsaturated/α-hetero) is 1. The lowest BCUT2D eigenvalue weighted by molar-refractivity contribution is -0.169. The van der Waals surface area contributed by atoms with Crippen LogP contribution in [0.3, 0.4) is 0 Å². The number of alkyl halides is 5. The summed E-state index contributed by atoms with van der Waals surface area (Å²) in [7, 11) is 2.63. The highest BCUT2D eigenvalue weighted by molar-refractivity contribution is 6.54. The summed E-state index contributed by atoms with van der Waals surface area (Å²) in [4.78, 5) is 76.7. The number of ether oxygens (including phenoxy) is 4. The van der Waals surface area contributed by atoms with Gasteiger partial charge in [0.15, 0.2) is 17.0 Å². The zero-order chi connectivity index (χ0) is 57.5. The lowest BCUT2D eigenvalue weighted by Crippen LogP contribution is -2.27. The number of methoxy groups -OCH3 is 2. The molecule has 0 saturated heterocycles. The number of halogens is 5. The zero-order valence-corrected chi connectivity index (χ0v) is 44.1. The summed E-state index contributed by atoms with van der Waals surface area (Å²) < 4.78 is 54.1. The smallest absolute Gasteiger partial charge is 0.452 e. The molecule has 0 bridgehead atoms. The van der Waals surface area contributed by atoms with Crippen molar-refractivity contribution >= 4 is 89.1 Å². The first-order valence-electron chi connectivity index (χ1n) is 23.8. The summed E-state index contributed by atoms with van der Waals surface area (Å²) in [5, 5.41) is 39.7. The van der Waals surface area contributed by atoms with E-state index in [4.69, 9.17) is 19.7 Å². The fourth-order valence-electron chi connectivity index (χ4n) is 6.71. The fraction of sp³-hybridized carbons (Fsp3) is 0.316. The van der Waals surface area contributed by atoms with Gasteiger partial charge in [0.2, 0.25) is 0 Å². The lowest BCUT2D eigenvalue weighted by Gasteiger charge is -2.24. The standard InChI is InChI=1S/C27H28O9.C27H32O5.C3HCl2F3O/c1-35-24(32)4-2-3-5-25(33)36-27(21-14-8-19(9-15-21)11-17-23(30)31)26(34)20-12-6-18(7-13-20)10-16-22(28)29;1-4-8-20-12-16-22(17-13-20)26(30)27(23-18-14-21(9-5-2)15-19-23)32-25(29)11-7-6-10-24(28)31-3;4-2(5)1(9)3(6,7)8/h6-17,26-27,34H,2-5H2,1H3,(H,28,29)(H,30,31);4-5,8-9,12-19,26-27,30H,6-7,10-11H2,1-3H3;2H/b16-10+,17-11+;8-4+,9-5+;. The Morgan fingerprint density at radius 2 is 0.753 bits per heavy atom. The minimum absolute atomic E-state index is 0.0402. The van der Waals surface area contributed by atoms with Crippen LogP contribution in [0.25, 0.3) is 24.3 Å². The van der Waals surface area contributed by atoms with Crippen LogP contribution >= 0.6 is 23.2 Å². The molecule has 77 heavy (non-hydrogen) atoms. The van der Waals surface area contributed by atoms with Crippen LogP contribution in [0.4, 0.5) is 13.2 Å². The van der Waals surface area contributed by atoms with Crippen molar-refractivity contribution in [1.29, 1.82) is 0 Å². The molecule has 0 radical (unpaired) electrons. The fourth-order valence-corrected chi connectivity index (χ4v) is 6.95. The average Bonchev–Trinajstić information content (AvgIpc) is 3.41. The topological polar surface area (TPSA) is 237 Å². The second-order valence-corrected chi connectivity index (χ2v) is 17.5. The van der Waals surface area contributed by atoms with Gasteiger partial charge in [0, 0.05) is 37.8 Å². The minimum Gasteiger partial charge on any atom is -0.478 e. The Balaban J connectivity index is 0.000000456. The predicted octanol–water partition coefficient (Wildman–Crippen LogP) is 11.7. The third kappa shape index (κ3) is 25.8. The van der Waals surface area contributed by atoms with E-state index in [0.29, 0.717) is 59.1 Å². The van der Waals surface area contributed by atoms with E-state index >= 15 is 0 Å². The summed E-state index contributed by atoms with van der Waals surface area (Å²) in [5.41, 5.74) is 5.59. The van der Waals surface area contributed by atoms with Gasteiger partial charge in [-0.05, 0) is 96.2 Å². The highest BCUT2D eigenvalue weighted by atomic mass is 35.5. The van der Waals surface area contributed by atoms with Crippen molar-refractivity contribution < 1.29 is 86.1 Å². The lowest BCUT2D eigenvalue weighted by atomic mass is 9.96. The molecule has 4 N–H and O–H groups in total. The Kier molecular flexibility index (Phi) is 29.9. The van der Waals surface area contributed by atoms with E-state index < -0.39 is 65.1 Å². The minimum atomic E-state index is -4.92. The molecule has 0 heterocycles. The number of rotatable bonds is 25. The summed E-state index contributed by atoms with van der Waals surface area (Å²) in [6.07, 6.45) is 6.15. The first-order valence-corrected chi connectivity index (χ1v) is 24.7. The van der Waals surface area contributed by atoms with Gasteiger partial charge in [0.05, 0.1) is 14.2 Å². The molecule has 4 atom stereocenters. The Hall–Kier alpha value is -7.38. The van der Waals surface area contributed by atoms with Gasteiger partial charge >= 0.3 is 42.0 Å². The van der Waals surface area contributed by atoms with Crippen LogP contribution in [-0.4, -0.2) is 87.3 Å². The number of benzene rings is 4. The molecular formula is C57H61Cl2F3O15. The van der Waals surface area contributed by atoms with Crippen molar-refractivity contribution in [3.05, 3.63) is 166 Å². The summed E-state index contributed by atoms with van der Waals surface area (Å²) in [5.74, 6) is -5.94. The molecule has 414 valence electrons. The average molecular weight is 1110 g/mol. The molecule has 0 fully saturated rings. The van der Waals surface area contributed by atoms with Crippen LogP contribution in [0.1, 0.15) is 134 Å². The Labute approximate surface area is 454 Å². The van der Waals surface area contributed by atoms with E-state index in [1.807, 2.05) is 86.7 Å². The van der Waals surface area contributed by atoms with E-state index in [2.05, 4.69) is 32.7 Å². The molecule has 20 heteroatoms. The third-order valence-electron chi connectivity index (χ3n) is 10.7. The number of carboxylic acid groups (broad SMARTS) is 2. The van der Waals surface area contributed by atoms with Gasteiger partial charge in [-0.1, -0.05) is 145 Å². The van der Waals surface area contributed by atoms with E-state index in [1.165, 1.54) is 26.4 Å². The van der Waals surface area contributed by atoms with Crippen molar-refractivity contribution in [2.24, 2.45) is 0 Å². The van der Waals surface area contributed by atoms with Gasteiger partial charge in [0.25, 0.3) is 5.78 Å². The molecule has 0 saturated carbocycles. The third-order valence-corrected chi connectivity index (χ3v) is 11.1. The highest BCUT2D eigenvalue weighted by Crippen LogP contribution is 2.35. The van der Waals surface area contributed by atoms with Gasteiger partial charge in [-0.15, -0.1) is 0 Å². The quantitative estimate of drug-likeness (QED) is 0.0159. The molecule has 0 spiro atoms. The molecule has 0 aliphatic rings. The van der Waals surface area contributed by atoms with Crippen molar-refractivity contribution in [3.8, 4) is 0 Å². The Morgan fingerprint density at radius 3 is 0.987 bits per heavy atom. The predicted molar refractivity (Wildman–Crippen MR) is 284 cm³/mol. The normalized spacial score (nSPS) is 12.9. The van der Waals surface area contributed by atoms with Crippen LogP contribution in [0, 0.1) is 0 Å². The molecule has 4 aromatic carbocycles. The zero-order valence-electron chi connectivity index (χ0n) is 42.6. The molecule has 0 aliphatic heterocycles. The molecule has 0 aliphatic carbocycles. The molecular weight excluding hydrogens is 1050 g/mol. The van der Waals surface area contributed by atoms with Crippen molar-refractivity contribution in [2.75, 3.05) is 14.2 Å². The second kappa shape index (κ2) is 35.0. The molecule has 4 aromatic rings. The van der Waals surface area contributed by atoms with E-state index in [0.717, 1.165) is 23.3 Å². The summed E-state index contributed by atoms with van der Waals surface area (Å²) >= 11 is 9.22. The van der Waals surface area contributed by atoms with Crippen molar-refractivity contribution in [2.45, 2.75) is 101 Å². The van der Waals surface area contributed by atoms with Gasteiger partial charge in [-0.3, -0.25) is 24.0 Å². The highest BCUT2D eigenvalue weighted by Gasteiger charge is 2.42. The number of hydrogen-bond donors (Lipinski definition) is 4. The van der Waals surface area contributed by atoms with Crippen molar-refractivity contribution in [1.82, 2.24) is 0 Å². The van der Waals surface area contributed by atoms with E-state index in [1.54, 1.807) is 48.5 Å². The van der Waals surface area contributed by atoms with Gasteiger partial charge in [-0.25, -0.2) is 9.59 Å². The number of carboxylic acids is 2. The molecule has 0 aromatic heterocycles. The largest absolute Gasteiger partial charge is 0.478 e. The first kappa shape index (κ1) is 65.7. The Morgan fingerprint density at radius 1 is 0.481 bits per heavy atom. The number of ketones is 1. The number of allylic oxidation sites excluding steroid dienone is 2. The maximum Gasteiger partial charge on any atom is 0.452 e. The van der Waals surface area contributed by atoms with Gasteiger partial charge < -0.3 is 39.4 Å². The number of aliphatic hydroxyl groups is 2. The number of unbranched alkanes of at least 4 members (excludes halogenated alkanes) is 2. The Bertz CT molecular complexity index is 2630. The van der Waals surface area contributed by atoms with Crippen molar-refractivity contribution in [3.63, 3.8) is 0 Å². The van der Waals surface area contributed by atoms with E-state index in [-0.39, 0.29) is 37.6 Å². The van der Waals surface area contributed by atoms with Gasteiger partial charge in [-0.2, -0.15) is 13.2 Å². The summed E-state index contributed by atoms with van der Waals surface area (Å²) in [6.45, 7) is 3.89. The van der Waals surface area contributed by atoms with Crippen LogP contribution in [0.5, 0.6) is 0 Å².